The summed E-state index contributed by atoms with van der Waals surface area (Å²) >= 11 is 0. The van der Waals surface area contributed by atoms with Gasteiger partial charge in [0.05, 0.1) is 31.3 Å². The van der Waals surface area contributed by atoms with Gasteiger partial charge in [0.2, 0.25) is 0 Å². The summed E-state index contributed by atoms with van der Waals surface area (Å²) < 4.78 is 5.82. The van der Waals surface area contributed by atoms with Crippen molar-refractivity contribution in [1.82, 2.24) is 5.32 Å². The maximum absolute atomic E-state index is 11.5. The summed E-state index contributed by atoms with van der Waals surface area (Å²) in [5, 5.41) is 23.5. The standard InChI is InChI=1S/C23H31NO4/c1-17(2)20(23(26)27)13-22(25)21(24-14-18-9-5-3-6-10-18)16-28-15-19-11-7-4-8-12-19/h3-12,17,20-22,24-25H,13-16H2,1-2H3,(H,26,27). The number of ether oxygens (including phenoxy) is 1. The minimum atomic E-state index is -0.874. The van der Waals surface area contributed by atoms with Crippen LogP contribution in [-0.4, -0.2) is 34.9 Å². The fraction of sp³-hybridized carbons (Fsp3) is 0.435. The van der Waals surface area contributed by atoms with Crippen LogP contribution in [0.5, 0.6) is 0 Å². The van der Waals surface area contributed by atoms with E-state index in [1.807, 2.05) is 74.5 Å². The summed E-state index contributed by atoms with van der Waals surface area (Å²) in [6, 6.07) is 19.4. The van der Waals surface area contributed by atoms with Crippen LogP contribution in [0.3, 0.4) is 0 Å². The smallest absolute Gasteiger partial charge is 0.306 e. The van der Waals surface area contributed by atoms with Crippen molar-refractivity contribution in [3.05, 3.63) is 71.8 Å². The zero-order valence-corrected chi connectivity index (χ0v) is 16.6. The Kier molecular flexibility index (Phi) is 9.14. The predicted molar refractivity (Wildman–Crippen MR) is 110 cm³/mol. The molecule has 0 saturated carbocycles. The van der Waals surface area contributed by atoms with Gasteiger partial charge in [0, 0.05) is 6.54 Å². The van der Waals surface area contributed by atoms with Crippen LogP contribution in [0.2, 0.25) is 0 Å². The Bertz CT molecular complexity index is 690. The van der Waals surface area contributed by atoms with Crippen LogP contribution in [0.25, 0.3) is 0 Å². The first-order valence-electron chi connectivity index (χ1n) is 9.77. The van der Waals surface area contributed by atoms with E-state index in [9.17, 15) is 15.0 Å². The Balaban J connectivity index is 1.98. The van der Waals surface area contributed by atoms with E-state index >= 15 is 0 Å². The first-order valence-corrected chi connectivity index (χ1v) is 9.77. The zero-order chi connectivity index (χ0) is 20.4. The van der Waals surface area contributed by atoms with Gasteiger partial charge in [0.15, 0.2) is 0 Å². The molecule has 0 aromatic heterocycles. The van der Waals surface area contributed by atoms with Gasteiger partial charge in [-0.25, -0.2) is 0 Å². The second kappa shape index (κ2) is 11.6. The first-order chi connectivity index (χ1) is 13.5. The normalized spacial score (nSPS) is 14.6. The molecule has 28 heavy (non-hydrogen) atoms. The fourth-order valence-corrected chi connectivity index (χ4v) is 3.11. The van der Waals surface area contributed by atoms with Crippen molar-refractivity contribution < 1.29 is 19.7 Å². The fourth-order valence-electron chi connectivity index (χ4n) is 3.11. The molecule has 0 heterocycles. The van der Waals surface area contributed by atoms with Gasteiger partial charge in [0.25, 0.3) is 0 Å². The van der Waals surface area contributed by atoms with E-state index < -0.39 is 18.0 Å². The van der Waals surface area contributed by atoms with E-state index in [2.05, 4.69) is 5.32 Å². The lowest BCUT2D eigenvalue weighted by Gasteiger charge is -2.27. The summed E-state index contributed by atoms with van der Waals surface area (Å²) in [7, 11) is 0. The lowest BCUT2D eigenvalue weighted by Crippen LogP contribution is -2.45. The number of aliphatic hydroxyl groups excluding tert-OH is 1. The van der Waals surface area contributed by atoms with Crippen molar-refractivity contribution in [3.8, 4) is 0 Å². The Morgan fingerprint density at radius 1 is 1.00 bits per heavy atom. The molecule has 3 unspecified atom stereocenters. The molecule has 0 aliphatic carbocycles. The molecule has 3 N–H and O–H groups in total. The number of hydrogen-bond acceptors (Lipinski definition) is 4. The Morgan fingerprint density at radius 2 is 1.57 bits per heavy atom. The quantitative estimate of drug-likeness (QED) is 0.521. The molecular weight excluding hydrogens is 354 g/mol. The number of aliphatic hydroxyl groups is 1. The molecule has 0 spiro atoms. The average Bonchev–Trinajstić information content (AvgIpc) is 2.69. The maximum Gasteiger partial charge on any atom is 0.306 e. The molecule has 0 saturated heterocycles. The minimum absolute atomic E-state index is 0.0489. The lowest BCUT2D eigenvalue weighted by molar-refractivity contribution is -0.144. The van der Waals surface area contributed by atoms with Gasteiger partial charge in [0.1, 0.15) is 0 Å². The molecule has 2 rings (SSSR count). The molecule has 0 aliphatic heterocycles. The third kappa shape index (κ3) is 7.43. The molecule has 0 amide bonds. The molecule has 0 radical (unpaired) electrons. The topological polar surface area (TPSA) is 78.8 Å². The minimum Gasteiger partial charge on any atom is -0.481 e. The Labute approximate surface area is 167 Å². The van der Waals surface area contributed by atoms with Gasteiger partial charge in [-0.3, -0.25) is 4.79 Å². The number of nitrogens with one attached hydrogen (secondary N) is 1. The van der Waals surface area contributed by atoms with Crippen molar-refractivity contribution in [2.24, 2.45) is 11.8 Å². The van der Waals surface area contributed by atoms with Gasteiger partial charge in [-0.05, 0) is 23.5 Å². The third-order valence-corrected chi connectivity index (χ3v) is 4.90. The Hall–Kier alpha value is -2.21. The predicted octanol–water partition coefficient (Wildman–Crippen LogP) is 3.47. The zero-order valence-electron chi connectivity index (χ0n) is 16.6. The first kappa shape index (κ1) is 22.1. The second-order valence-corrected chi connectivity index (χ2v) is 7.47. The van der Waals surface area contributed by atoms with Crippen molar-refractivity contribution in [1.29, 1.82) is 0 Å². The highest BCUT2D eigenvalue weighted by atomic mass is 16.5. The number of carbonyl (C=O) groups is 1. The van der Waals surface area contributed by atoms with Crippen molar-refractivity contribution in [2.75, 3.05) is 6.61 Å². The second-order valence-electron chi connectivity index (χ2n) is 7.47. The SMILES string of the molecule is CC(C)C(CC(O)C(COCc1ccccc1)NCc1ccccc1)C(=O)O. The van der Waals surface area contributed by atoms with Crippen LogP contribution < -0.4 is 5.32 Å². The van der Waals surface area contributed by atoms with Crippen molar-refractivity contribution in [2.45, 2.75) is 45.6 Å². The van der Waals surface area contributed by atoms with E-state index in [1.165, 1.54) is 0 Å². The Morgan fingerprint density at radius 3 is 2.11 bits per heavy atom. The summed E-state index contributed by atoms with van der Waals surface area (Å²) in [5.74, 6) is -1.52. The number of benzene rings is 2. The van der Waals surface area contributed by atoms with E-state index in [0.29, 0.717) is 19.8 Å². The molecule has 5 heteroatoms. The molecule has 3 atom stereocenters. The number of aliphatic carboxylic acids is 1. The largest absolute Gasteiger partial charge is 0.481 e. The molecule has 2 aromatic rings. The molecule has 0 fully saturated rings. The molecule has 2 aromatic carbocycles. The highest BCUT2D eigenvalue weighted by molar-refractivity contribution is 5.70. The van der Waals surface area contributed by atoms with Crippen LogP contribution in [0, 0.1) is 11.8 Å². The van der Waals surface area contributed by atoms with Gasteiger partial charge < -0.3 is 20.3 Å². The van der Waals surface area contributed by atoms with Crippen LogP contribution in [0.1, 0.15) is 31.4 Å². The number of rotatable bonds is 12. The van der Waals surface area contributed by atoms with Crippen LogP contribution >= 0.6 is 0 Å². The number of carboxylic acids is 1. The molecule has 5 nitrogen and oxygen atoms in total. The van der Waals surface area contributed by atoms with Gasteiger partial charge >= 0.3 is 5.97 Å². The van der Waals surface area contributed by atoms with E-state index in [4.69, 9.17) is 4.74 Å². The van der Waals surface area contributed by atoms with Gasteiger partial charge in [-0.1, -0.05) is 74.5 Å². The van der Waals surface area contributed by atoms with E-state index in [-0.39, 0.29) is 18.4 Å². The van der Waals surface area contributed by atoms with Crippen molar-refractivity contribution in [3.63, 3.8) is 0 Å². The molecule has 0 aliphatic rings. The van der Waals surface area contributed by atoms with Crippen LogP contribution in [-0.2, 0) is 22.7 Å². The van der Waals surface area contributed by atoms with E-state index in [0.717, 1.165) is 11.1 Å². The lowest BCUT2D eigenvalue weighted by atomic mass is 9.88. The number of carboxylic acid groups (broad SMARTS) is 1. The summed E-state index contributed by atoms with van der Waals surface area (Å²) in [6.07, 6.45) is -0.628. The van der Waals surface area contributed by atoms with Gasteiger partial charge in [-0.2, -0.15) is 0 Å². The maximum atomic E-state index is 11.5. The highest BCUT2D eigenvalue weighted by Crippen LogP contribution is 2.19. The average molecular weight is 386 g/mol. The molecule has 0 bridgehead atoms. The summed E-state index contributed by atoms with van der Waals surface area (Å²) in [4.78, 5) is 11.5. The van der Waals surface area contributed by atoms with E-state index in [1.54, 1.807) is 0 Å². The van der Waals surface area contributed by atoms with Crippen LogP contribution in [0.4, 0.5) is 0 Å². The van der Waals surface area contributed by atoms with Gasteiger partial charge in [-0.15, -0.1) is 0 Å². The molecular formula is C23H31NO4. The highest BCUT2D eigenvalue weighted by Gasteiger charge is 2.29. The monoisotopic (exact) mass is 385 g/mol. The molecule has 152 valence electrons. The van der Waals surface area contributed by atoms with Crippen LogP contribution in [0.15, 0.2) is 60.7 Å². The summed E-state index contributed by atoms with van der Waals surface area (Å²) in [5.41, 5.74) is 2.16. The summed E-state index contributed by atoms with van der Waals surface area (Å²) in [6.45, 7) is 5.06. The van der Waals surface area contributed by atoms with Crippen molar-refractivity contribution >= 4 is 5.97 Å². The number of hydrogen-bond donors (Lipinski definition) is 3. The third-order valence-electron chi connectivity index (χ3n) is 4.90.